The molecule has 3 aromatic rings. The maximum Gasteiger partial charge on any atom is 0.306 e. The number of carbonyl (C=O) groups is 2. The topological polar surface area (TPSA) is 76.9 Å². The molecule has 1 unspecified atom stereocenters. The molecule has 5 rings (SSSR count). The fourth-order valence-corrected chi connectivity index (χ4v) is 5.96. The average molecular weight is 573 g/mol. The first-order valence-electron chi connectivity index (χ1n) is 15.4. The number of amides is 1. The lowest BCUT2D eigenvalue weighted by molar-refractivity contribution is -0.143. The summed E-state index contributed by atoms with van der Waals surface area (Å²) in [4.78, 5) is 29.8. The van der Waals surface area contributed by atoms with Crippen molar-refractivity contribution in [3.05, 3.63) is 71.5 Å². The van der Waals surface area contributed by atoms with E-state index in [1.165, 1.54) is 24.0 Å². The Hall–Kier alpha value is -3.81. The van der Waals surface area contributed by atoms with E-state index < -0.39 is 0 Å². The third kappa shape index (κ3) is 7.15. The summed E-state index contributed by atoms with van der Waals surface area (Å²) in [6.07, 6.45) is 9.25. The quantitative estimate of drug-likeness (QED) is 0.248. The summed E-state index contributed by atoms with van der Waals surface area (Å²) in [6, 6.07) is 14.5. The lowest BCUT2D eigenvalue weighted by Gasteiger charge is -2.35. The fourth-order valence-electron chi connectivity index (χ4n) is 5.96. The molecule has 1 amide bonds. The highest BCUT2D eigenvalue weighted by Crippen LogP contribution is 2.45. The average Bonchev–Trinajstić information content (AvgIpc) is 3.77. The summed E-state index contributed by atoms with van der Waals surface area (Å²) in [6.45, 7) is 6.83. The highest BCUT2D eigenvalue weighted by atomic mass is 16.5. The second-order valence-corrected chi connectivity index (χ2v) is 11.7. The van der Waals surface area contributed by atoms with E-state index in [9.17, 15) is 9.59 Å². The van der Waals surface area contributed by atoms with Crippen molar-refractivity contribution < 1.29 is 19.1 Å². The van der Waals surface area contributed by atoms with Crippen LogP contribution in [-0.4, -0.2) is 55.0 Å². The van der Waals surface area contributed by atoms with E-state index in [2.05, 4.69) is 41.2 Å². The molecule has 8 nitrogen and oxygen atoms in total. The number of hydrogen-bond donors (Lipinski definition) is 0. The largest absolute Gasteiger partial charge is 0.493 e. The lowest BCUT2D eigenvalue weighted by Crippen LogP contribution is -2.37. The second kappa shape index (κ2) is 13.4. The molecule has 2 heterocycles. The van der Waals surface area contributed by atoms with Crippen LogP contribution in [0, 0.1) is 11.8 Å². The summed E-state index contributed by atoms with van der Waals surface area (Å²) in [5.41, 5.74) is 4.90. The highest BCUT2D eigenvalue weighted by Gasteiger charge is 2.34. The zero-order valence-corrected chi connectivity index (χ0v) is 25.4. The van der Waals surface area contributed by atoms with E-state index >= 15 is 0 Å². The molecule has 1 aliphatic carbocycles. The Balaban J connectivity index is 1.20. The molecule has 8 heteroatoms. The van der Waals surface area contributed by atoms with Crippen LogP contribution in [0.4, 0.5) is 11.4 Å². The SMILES string of the molecule is CCOC(=O)CC(c1cccc(OCC2CCN(c3cc(CC)ccc3C(=O)N(C)c3cnn(C)c3)CC2)c1)C1CC1. The maximum absolute atomic E-state index is 13.6. The van der Waals surface area contributed by atoms with E-state index in [1.54, 1.807) is 22.8 Å². The number of piperidine rings is 1. The van der Waals surface area contributed by atoms with Crippen molar-refractivity contribution in [3.63, 3.8) is 0 Å². The van der Waals surface area contributed by atoms with Gasteiger partial charge in [0.2, 0.25) is 0 Å². The van der Waals surface area contributed by atoms with Crippen LogP contribution >= 0.6 is 0 Å². The van der Waals surface area contributed by atoms with Crippen LogP contribution in [0.3, 0.4) is 0 Å². The van der Waals surface area contributed by atoms with Crippen LogP contribution in [0.2, 0.25) is 0 Å². The zero-order valence-electron chi connectivity index (χ0n) is 25.4. The Labute approximate surface area is 249 Å². The van der Waals surface area contributed by atoms with Crippen LogP contribution < -0.4 is 14.5 Å². The van der Waals surface area contributed by atoms with E-state index in [0.717, 1.165) is 55.0 Å². The van der Waals surface area contributed by atoms with Crippen molar-refractivity contribution in [2.75, 3.05) is 43.2 Å². The van der Waals surface area contributed by atoms with Crippen molar-refractivity contribution in [1.82, 2.24) is 9.78 Å². The number of carbonyl (C=O) groups excluding carboxylic acids is 2. The van der Waals surface area contributed by atoms with Gasteiger partial charge in [0.1, 0.15) is 5.75 Å². The van der Waals surface area contributed by atoms with Gasteiger partial charge in [-0.2, -0.15) is 5.10 Å². The van der Waals surface area contributed by atoms with E-state index in [1.807, 2.05) is 38.4 Å². The number of aromatic nitrogens is 2. The van der Waals surface area contributed by atoms with Gasteiger partial charge >= 0.3 is 5.97 Å². The minimum Gasteiger partial charge on any atom is -0.493 e. The van der Waals surface area contributed by atoms with Gasteiger partial charge in [-0.3, -0.25) is 14.3 Å². The van der Waals surface area contributed by atoms with Gasteiger partial charge in [-0.25, -0.2) is 0 Å². The van der Waals surface area contributed by atoms with Gasteiger partial charge in [-0.05, 0) is 92.2 Å². The highest BCUT2D eigenvalue weighted by molar-refractivity contribution is 6.09. The van der Waals surface area contributed by atoms with Gasteiger partial charge in [0.15, 0.2) is 0 Å². The summed E-state index contributed by atoms with van der Waals surface area (Å²) in [5.74, 6) is 1.91. The number of anilines is 2. The van der Waals surface area contributed by atoms with Crippen molar-refractivity contribution >= 4 is 23.3 Å². The Kier molecular flexibility index (Phi) is 9.50. The molecule has 42 heavy (non-hydrogen) atoms. The number of aryl methyl sites for hydroxylation is 2. The normalized spacial score (nSPS) is 16.2. The van der Waals surface area contributed by atoms with Crippen LogP contribution in [-0.2, 0) is 23.0 Å². The molecule has 1 aliphatic heterocycles. The summed E-state index contributed by atoms with van der Waals surface area (Å²) in [7, 11) is 3.66. The number of benzene rings is 2. The lowest BCUT2D eigenvalue weighted by atomic mass is 9.91. The summed E-state index contributed by atoms with van der Waals surface area (Å²) >= 11 is 0. The third-order valence-corrected chi connectivity index (χ3v) is 8.69. The van der Waals surface area contributed by atoms with E-state index in [-0.39, 0.29) is 17.8 Å². The molecule has 2 fully saturated rings. The number of ether oxygens (including phenoxy) is 2. The number of rotatable bonds is 12. The van der Waals surface area contributed by atoms with Gasteiger partial charge in [0.05, 0.1) is 37.1 Å². The van der Waals surface area contributed by atoms with Crippen molar-refractivity contribution in [1.29, 1.82) is 0 Å². The molecule has 0 bridgehead atoms. The predicted octanol–water partition coefficient (Wildman–Crippen LogP) is 6.00. The van der Waals surface area contributed by atoms with Gasteiger partial charge < -0.3 is 19.3 Å². The molecule has 1 saturated heterocycles. The summed E-state index contributed by atoms with van der Waals surface area (Å²) < 4.78 is 13.3. The number of hydrogen-bond acceptors (Lipinski definition) is 6. The van der Waals surface area contributed by atoms with Gasteiger partial charge in [-0.15, -0.1) is 0 Å². The number of esters is 1. The standard InChI is InChI=1S/C34H44N4O4/c1-5-24-10-13-30(34(40)37(4)28-21-35-36(3)22-28)32(18-24)38-16-14-25(15-17-38)23-42-29-9-7-8-27(19-29)31(26-11-12-26)20-33(39)41-6-2/h7-10,13,18-19,21-22,25-26,31H,5-6,11-12,14-17,20,23H2,1-4H3. The molecular formula is C34H44N4O4. The van der Waals surface area contributed by atoms with Crippen LogP contribution in [0.25, 0.3) is 0 Å². The molecule has 1 saturated carbocycles. The van der Waals surface area contributed by atoms with Crippen LogP contribution in [0.5, 0.6) is 5.75 Å². The molecule has 2 aliphatic rings. The van der Waals surface area contributed by atoms with Gasteiger partial charge in [0, 0.05) is 39.1 Å². The maximum atomic E-state index is 13.6. The molecule has 1 aromatic heterocycles. The van der Waals surface area contributed by atoms with E-state index in [4.69, 9.17) is 9.47 Å². The van der Waals surface area contributed by atoms with Gasteiger partial charge in [-0.1, -0.05) is 25.1 Å². The Morgan fingerprint density at radius 2 is 1.86 bits per heavy atom. The molecule has 2 aromatic carbocycles. The van der Waals surface area contributed by atoms with Crippen LogP contribution in [0.15, 0.2) is 54.9 Å². The van der Waals surface area contributed by atoms with Crippen molar-refractivity contribution in [3.8, 4) is 5.75 Å². The predicted molar refractivity (Wildman–Crippen MR) is 165 cm³/mol. The minimum absolute atomic E-state index is 0.0292. The molecule has 224 valence electrons. The molecule has 0 N–H and O–H groups in total. The van der Waals surface area contributed by atoms with E-state index in [0.29, 0.717) is 31.5 Å². The van der Waals surface area contributed by atoms with Gasteiger partial charge in [0.25, 0.3) is 5.91 Å². The Morgan fingerprint density at radius 3 is 2.52 bits per heavy atom. The number of nitrogens with zero attached hydrogens (tertiary/aromatic N) is 4. The first-order valence-corrected chi connectivity index (χ1v) is 15.4. The molecule has 0 radical (unpaired) electrons. The first-order chi connectivity index (χ1) is 20.4. The van der Waals surface area contributed by atoms with Crippen molar-refractivity contribution in [2.24, 2.45) is 18.9 Å². The second-order valence-electron chi connectivity index (χ2n) is 11.7. The monoisotopic (exact) mass is 572 g/mol. The summed E-state index contributed by atoms with van der Waals surface area (Å²) in [5, 5.41) is 4.22. The third-order valence-electron chi connectivity index (χ3n) is 8.69. The smallest absolute Gasteiger partial charge is 0.306 e. The Bertz CT molecular complexity index is 1370. The minimum atomic E-state index is -0.120. The zero-order chi connectivity index (χ0) is 29.6. The van der Waals surface area contributed by atoms with Crippen molar-refractivity contribution in [2.45, 2.75) is 58.3 Å². The molecule has 0 spiro atoms. The molecule has 1 atom stereocenters. The molecular weight excluding hydrogens is 528 g/mol. The van der Waals surface area contributed by atoms with Crippen LogP contribution in [0.1, 0.15) is 73.4 Å². The fraction of sp³-hybridized carbons (Fsp3) is 0.500. The first kappa shape index (κ1) is 29.7. The Morgan fingerprint density at radius 1 is 1.07 bits per heavy atom.